The summed E-state index contributed by atoms with van der Waals surface area (Å²) in [6.07, 6.45) is 0. The van der Waals surface area contributed by atoms with Gasteiger partial charge in [-0.15, -0.1) is 0 Å². The molecule has 0 saturated carbocycles. The predicted molar refractivity (Wildman–Crippen MR) is 50.6 cm³/mol. The standard InChI is InChI=1S/2Al.Mg.3H2O.H4Si.Y.8H/h;;;3*1H2;1H4;;;;;;;;;. The van der Waals surface area contributed by atoms with E-state index in [9.17, 15) is 0 Å². The van der Waals surface area contributed by atoms with E-state index in [-0.39, 0.29) is 118 Å². The Balaban J connectivity index is 0. The molecule has 0 aliphatic rings. The van der Waals surface area contributed by atoms with Gasteiger partial charge in [-0.3, -0.25) is 0 Å². The summed E-state index contributed by atoms with van der Waals surface area (Å²) in [6.45, 7) is 0. The molecule has 0 heterocycles. The molecule has 0 aliphatic carbocycles. The fourth-order valence-corrected chi connectivity index (χ4v) is 0. The van der Waals surface area contributed by atoms with Crippen molar-refractivity contribution in [1.82, 2.24) is 0 Å². The van der Waals surface area contributed by atoms with Crippen molar-refractivity contribution >= 4 is 68.7 Å². The molecule has 0 atom stereocenters. The van der Waals surface area contributed by atoms with Gasteiger partial charge in [-0.25, -0.2) is 0 Å². The van der Waals surface area contributed by atoms with E-state index in [0.29, 0.717) is 0 Å². The van der Waals surface area contributed by atoms with Gasteiger partial charge in [0, 0.05) is 32.7 Å². The van der Waals surface area contributed by atoms with Crippen LogP contribution in [0.15, 0.2) is 0 Å². The van der Waals surface area contributed by atoms with Crippen molar-refractivity contribution in [2.45, 2.75) is 0 Å². The van der Waals surface area contributed by atoms with E-state index < -0.39 is 0 Å². The van der Waals surface area contributed by atoms with E-state index in [1.807, 2.05) is 0 Å². The Bertz CT molecular complexity index is 17.2. The third-order valence-corrected chi connectivity index (χ3v) is 0. The second-order valence-electron chi connectivity index (χ2n) is 0. The maximum atomic E-state index is 0. The maximum Gasteiger partial charge on any atom is 0.316 e. The monoisotopic (exact) mass is 261 g/mol. The van der Waals surface area contributed by atoms with Gasteiger partial charge in [0.2, 0.25) is 0 Å². The van der Waals surface area contributed by atoms with Gasteiger partial charge in [0.25, 0.3) is 0 Å². The van der Waals surface area contributed by atoms with E-state index in [1.165, 1.54) is 0 Å². The Hall–Kier alpha value is 3.03. The molecule has 8 heavy (non-hydrogen) atoms. The second kappa shape index (κ2) is 89.0. The minimum Gasteiger partial charge on any atom is -0.412 e. The Kier molecular flexibility index (Phi) is 1340. The van der Waals surface area contributed by atoms with Crippen LogP contribution in [0.3, 0.4) is 0 Å². The minimum absolute atomic E-state index is 0. The fourth-order valence-electron chi connectivity index (χ4n) is 0. The predicted octanol–water partition coefficient (Wildman–Crippen LogP) is -7.21. The molecule has 0 aliphatic heterocycles. The zero-order valence-electron chi connectivity index (χ0n) is 2.08. The molecule has 0 spiro atoms. The van der Waals surface area contributed by atoms with E-state index >= 15 is 0 Å². The molecule has 0 bridgehead atoms. The number of rotatable bonds is 0. The van der Waals surface area contributed by atoms with Gasteiger partial charge in [-0.2, -0.15) is 0 Å². The van der Waals surface area contributed by atoms with E-state index in [1.54, 1.807) is 0 Å². The minimum atomic E-state index is 0. The average molecular weight is 261 g/mol. The first-order valence-corrected chi connectivity index (χ1v) is 0. The zero-order valence-corrected chi connectivity index (χ0v) is 4.92. The van der Waals surface area contributed by atoms with Crippen LogP contribution in [0.1, 0.15) is 0 Å². The molecule has 0 aromatic rings. The van der Waals surface area contributed by atoms with E-state index in [0.717, 1.165) is 0 Å². The van der Waals surface area contributed by atoms with Crippen molar-refractivity contribution in [2.24, 2.45) is 0 Å². The van der Waals surface area contributed by atoms with Crippen molar-refractivity contribution in [3.63, 3.8) is 0 Å². The van der Waals surface area contributed by atoms with Crippen molar-refractivity contribution in [1.29, 1.82) is 0 Å². The molecule has 8 heteroatoms. The van der Waals surface area contributed by atoms with Crippen LogP contribution in [0, 0.1) is 0 Å². The average Bonchev–Trinajstić information content (AvgIpc) is 0. The van der Waals surface area contributed by atoms with Crippen LogP contribution in [0.2, 0.25) is 0 Å². The van der Waals surface area contributed by atoms with Gasteiger partial charge in [-0.1, -0.05) is 0 Å². The SMILES string of the molecule is O.O.O.[AlH3].[AlH3].[MgH2].[SiH4].[Y]. The molecule has 3 nitrogen and oxygen atoms in total. The van der Waals surface area contributed by atoms with Crippen LogP contribution in [0.4, 0.5) is 0 Å². The van der Waals surface area contributed by atoms with Crippen LogP contribution in [-0.2, 0) is 32.7 Å². The molecular formula is H18Al2MgO3SiY. The Labute approximate surface area is 116 Å². The van der Waals surface area contributed by atoms with Gasteiger partial charge in [-0.05, 0) is 11.0 Å². The van der Waals surface area contributed by atoms with E-state index in [4.69, 9.17) is 0 Å². The molecule has 0 aromatic heterocycles. The van der Waals surface area contributed by atoms with Crippen molar-refractivity contribution in [3.05, 3.63) is 0 Å². The van der Waals surface area contributed by atoms with Crippen LogP contribution in [0.25, 0.3) is 0 Å². The van der Waals surface area contributed by atoms with Gasteiger partial charge >= 0.3 is 23.1 Å². The molecule has 0 amide bonds. The molecule has 51 valence electrons. The summed E-state index contributed by atoms with van der Waals surface area (Å²) in [4.78, 5) is 0. The third-order valence-electron chi connectivity index (χ3n) is 0. The topological polar surface area (TPSA) is 94.5 Å². The summed E-state index contributed by atoms with van der Waals surface area (Å²) in [6, 6.07) is 0. The van der Waals surface area contributed by atoms with Crippen LogP contribution in [0.5, 0.6) is 0 Å². The zero-order chi connectivity index (χ0) is 0. The molecule has 0 unspecified atom stereocenters. The first-order valence-electron chi connectivity index (χ1n) is 0. The maximum absolute atomic E-state index is 0. The molecule has 0 fully saturated rings. The van der Waals surface area contributed by atoms with E-state index in [2.05, 4.69) is 0 Å². The first-order chi connectivity index (χ1) is 0. The van der Waals surface area contributed by atoms with Crippen LogP contribution >= 0.6 is 0 Å². The first kappa shape index (κ1) is 121. The summed E-state index contributed by atoms with van der Waals surface area (Å²) >= 11 is 0. The normalized spacial score (nSPS) is 0. The van der Waals surface area contributed by atoms with Crippen LogP contribution < -0.4 is 0 Å². The largest absolute Gasteiger partial charge is 0.412 e. The van der Waals surface area contributed by atoms with Crippen LogP contribution in [-0.4, -0.2) is 85.2 Å². The van der Waals surface area contributed by atoms with Gasteiger partial charge in [0.1, 0.15) is 0 Å². The smallest absolute Gasteiger partial charge is 0.316 e. The molecule has 0 aromatic carbocycles. The van der Waals surface area contributed by atoms with Crippen molar-refractivity contribution < 1.29 is 49.1 Å². The third kappa shape index (κ3) is 63.4. The summed E-state index contributed by atoms with van der Waals surface area (Å²) in [5.41, 5.74) is 0. The summed E-state index contributed by atoms with van der Waals surface area (Å²) in [7, 11) is 0. The molecule has 1 radical (unpaired) electrons. The molecule has 0 saturated heterocycles. The summed E-state index contributed by atoms with van der Waals surface area (Å²) in [5, 5.41) is 0. The molecule has 0 rings (SSSR count). The van der Waals surface area contributed by atoms with Gasteiger partial charge < -0.3 is 16.4 Å². The quantitative estimate of drug-likeness (QED) is 0.387. The Morgan fingerprint density at radius 3 is 0.625 bits per heavy atom. The number of hydrogen-bond donors (Lipinski definition) is 0. The molecule has 6 N–H and O–H groups in total. The summed E-state index contributed by atoms with van der Waals surface area (Å²) in [5.74, 6) is 0. The van der Waals surface area contributed by atoms with Crippen molar-refractivity contribution in [3.8, 4) is 0 Å². The van der Waals surface area contributed by atoms with Gasteiger partial charge in [0.15, 0.2) is 34.7 Å². The van der Waals surface area contributed by atoms with Crippen molar-refractivity contribution in [2.75, 3.05) is 0 Å². The second-order valence-corrected chi connectivity index (χ2v) is 0. The Morgan fingerprint density at radius 2 is 0.625 bits per heavy atom. The fraction of sp³-hybridized carbons (Fsp3) is 0. The number of hydrogen-bond acceptors (Lipinski definition) is 0. The summed E-state index contributed by atoms with van der Waals surface area (Å²) < 4.78 is 0. The van der Waals surface area contributed by atoms with Gasteiger partial charge in [0.05, 0.1) is 0 Å². The molecular weight excluding hydrogens is 243 g/mol. The Morgan fingerprint density at radius 1 is 0.625 bits per heavy atom.